The van der Waals surface area contributed by atoms with E-state index in [4.69, 9.17) is 20.0 Å². The summed E-state index contributed by atoms with van der Waals surface area (Å²) in [7, 11) is 3.07. The molecule has 0 atom stereocenters. The van der Waals surface area contributed by atoms with E-state index in [-0.39, 0.29) is 18.5 Å². The van der Waals surface area contributed by atoms with Gasteiger partial charge in [-0.1, -0.05) is 6.07 Å². The number of carbonyl (C=O) groups excluding carboxylic acids is 1. The molecular formula is C15H19N5O4. The first-order valence-electron chi connectivity index (χ1n) is 7.04. The summed E-state index contributed by atoms with van der Waals surface area (Å²) in [5.74, 6) is 0.834. The van der Waals surface area contributed by atoms with Crippen molar-refractivity contribution in [2.45, 2.75) is 13.5 Å². The highest BCUT2D eigenvalue weighted by Crippen LogP contribution is 2.29. The average molecular weight is 333 g/mol. The maximum atomic E-state index is 11.4. The van der Waals surface area contributed by atoms with Crippen molar-refractivity contribution in [2.24, 2.45) is 10.7 Å². The molecule has 0 saturated carbocycles. The summed E-state index contributed by atoms with van der Waals surface area (Å²) in [5.41, 5.74) is 6.60. The van der Waals surface area contributed by atoms with E-state index >= 15 is 0 Å². The normalized spacial score (nSPS) is 11.0. The topological polar surface area (TPSA) is 115 Å². The molecular weight excluding hydrogens is 314 g/mol. The monoisotopic (exact) mass is 333 g/mol. The number of benzene rings is 1. The van der Waals surface area contributed by atoms with E-state index in [0.29, 0.717) is 17.1 Å². The maximum absolute atomic E-state index is 11.4. The number of carbonyl (C=O) groups is 1. The standard InChI is InChI=1S/C15H19N5O4/c1-10(21)24-20(14(16)19-15-17-7-8-18-15)9-11-12(22-2)5-4-6-13(11)23-3/h4-8H,9H2,1-3H3,(H3,16,17,18,19). The van der Waals surface area contributed by atoms with Crippen LogP contribution in [0.4, 0.5) is 5.95 Å². The summed E-state index contributed by atoms with van der Waals surface area (Å²) in [6, 6.07) is 5.32. The number of aromatic amines is 1. The van der Waals surface area contributed by atoms with Gasteiger partial charge in [-0.05, 0) is 12.1 Å². The highest BCUT2D eigenvalue weighted by atomic mass is 16.7. The van der Waals surface area contributed by atoms with Crippen LogP contribution in [-0.2, 0) is 16.2 Å². The summed E-state index contributed by atoms with van der Waals surface area (Å²) in [6.45, 7) is 1.36. The highest BCUT2D eigenvalue weighted by Gasteiger charge is 2.19. The van der Waals surface area contributed by atoms with E-state index in [1.54, 1.807) is 24.4 Å². The van der Waals surface area contributed by atoms with E-state index in [1.807, 2.05) is 0 Å². The molecule has 0 spiro atoms. The summed E-state index contributed by atoms with van der Waals surface area (Å²) >= 11 is 0. The van der Waals surface area contributed by atoms with Crippen molar-refractivity contribution in [2.75, 3.05) is 14.2 Å². The molecule has 3 N–H and O–H groups in total. The van der Waals surface area contributed by atoms with E-state index in [9.17, 15) is 4.79 Å². The van der Waals surface area contributed by atoms with E-state index in [0.717, 1.165) is 5.06 Å². The third-order valence-electron chi connectivity index (χ3n) is 3.03. The van der Waals surface area contributed by atoms with Crippen molar-refractivity contribution < 1.29 is 19.1 Å². The Balaban J connectivity index is 2.34. The molecule has 0 aliphatic rings. The van der Waals surface area contributed by atoms with Gasteiger partial charge in [-0.3, -0.25) is 4.79 Å². The molecule has 1 aromatic carbocycles. The summed E-state index contributed by atoms with van der Waals surface area (Å²) in [5, 5.41) is 1.14. The molecule has 0 amide bonds. The van der Waals surface area contributed by atoms with Crippen molar-refractivity contribution >= 4 is 17.9 Å². The van der Waals surface area contributed by atoms with Gasteiger partial charge in [0.05, 0.1) is 26.3 Å². The number of aromatic nitrogens is 2. The van der Waals surface area contributed by atoms with E-state index in [1.165, 1.54) is 27.3 Å². The Labute approximate surface area is 139 Å². The Bertz CT molecular complexity index is 692. The van der Waals surface area contributed by atoms with Crippen LogP contribution in [0.1, 0.15) is 12.5 Å². The van der Waals surface area contributed by atoms with Gasteiger partial charge in [0.2, 0.25) is 11.9 Å². The second-order valence-electron chi connectivity index (χ2n) is 4.64. The van der Waals surface area contributed by atoms with E-state index in [2.05, 4.69) is 15.0 Å². The van der Waals surface area contributed by atoms with Crippen LogP contribution in [0.3, 0.4) is 0 Å². The molecule has 0 aliphatic heterocycles. The molecule has 24 heavy (non-hydrogen) atoms. The lowest BCUT2D eigenvalue weighted by Crippen LogP contribution is -2.38. The van der Waals surface area contributed by atoms with Crippen molar-refractivity contribution in [1.29, 1.82) is 0 Å². The van der Waals surface area contributed by atoms with Gasteiger partial charge in [0.25, 0.3) is 0 Å². The largest absolute Gasteiger partial charge is 0.496 e. The average Bonchev–Trinajstić information content (AvgIpc) is 3.06. The maximum Gasteiger partial charge on any atom is 0.329 e. The number of rotatable bonds is 5. The van der Waals surface area contributed by atoms with Gasteiger partial charge in [-0.2, -0.15) is 10.1 Å². The minimum Gasteiger partial charge on any atom is -0.496 e. The first-order chi connectivity index (χ1) is 11.5. The molecule has 0 aliphatic carbocycles. The lowest BCUT2D eigenvalue weighted by atomic mass is 10.1. The fourth-order valence-corrected chi connectivity index (χ4v) is 2.03. The van der Waals surface area contributed by atoms with Crippen LogP contribution < -0.4 is 15.2 Å². The number of nitrogens with two attached hydrogens (primary N) is 1. The molecule has 2 rings (SSSR count). The van der Waals surface area contributed by atoms with Crippen LogP contribution in [-0.4, -0.2) is 41.2 Å². The van der Waals surface area contributed by atoms with Crippen molar-refractivity contribution in [3.05, 3.63) is 36.2 Å². The predicted octanol–water partition coefficient (Wildman–Crippen LogP) is 1.35. The Morgan fingerprint density at radius 3 is 2.50 bits per heavy atom. The number of nitrogens with zero attached hydrogens (tertiary/aromatic N) is 3. The first-order valence-corrected chi connectivity index (χ1v) is 7.04. The minimum atomic E-state index is -0.540. The van der Waals surface area contributed by atoms with E-state index < -0.39 is 5.97 Å². The SMILES string of the molecule is COc1cccc(OC)c1CN(OC(C)=O)/C(N)=N/c1ncc[nH]1. The molecule has 0 bridgehead atoms. The molecule has 9 heteroatoms. The van der Waals surface area contributed by atoms with Gasteiger partial charge in [-0.25, -0.2) is 4.98 Å². The van der Waals surface area contributed by atoms with Gasteiger partial charge >= 0.3 is 5.97 Å². The third kappa shape index (κ3) is 4.15. The molecule has 1 heterocycles. The molecule has 0 fully saturated rings. The van der Waals surface area contributed by atoms with Crippen molar-refractivity contribution in [3.63, 3.8) is 0 Å². The van der Waals surface area contributed by atoms with Crippen molar-refractivity contribution in [3.8, 4) is 11.5 Å². The number of hydroxylamine groups is 2. The van der Waals surface area contributed by atoms with Crippen molar-refractivity contribution in [1.82, 2.24) is 15.0 Å². The van der Waals surface area contributed by atoms with Crippen LogP contribution in [0, 0.1) is 0 Å². The quantitative estimate of drug-likeness (QED) is 0.482. The molecule has 2 aromatic rings. The number of hydrogen-bond donors (Lipinski definition) is 2. The lowest BCUT2D eigenvalue weighted by Gasteiger charge is -2.23. The number of aliphatic imine (C=N–C) groups is 1. The predicted molar refractivity (Wildman–Crippen MR) is 86.7 cm³/mol. The van der Waals surface area contributed by atoms with Crippen LogP contribution in [0.15, 0.2) is 35.6 Å². The number of hydrogen-bond acceptors (Lipinski definition) is 6. The fourth-order valence-electron chi connectivity index (χ4n) is 2.03. The summed E-state index contributed by atoms with van der Waals surface area (Å²) < 4.78 is 10.7. The Morgan fingerprint density at radius 2 is 2.00 bits per heavy atom. The molecule has 0 unspecified atom stereocenters. The molecule has 9 nitrogen and oxygen atoms in total. The zero-order valence-electron chi connectivity index (χ0n) is 13.6. The number of ether oxygens (including phenoxy) is 2. The first kappa shape index (κ1) is 17.1. The minimum absolute atomic E-state index is 0.0480. The second kappa shape index (κ2) is 7.86. The van der Waals surface area contributed by atoms with Gasteiger partial charge in [0.1, 0.15) is 11.5 Å². The number of H-pyrrole nitrogens is 1. The molecule has 0 radical (unpaired) electrons. The number of guanidine groups is 1. The smallest absolute Gasteiger partial charge is 0.329 e. The number of nitrogens with one attached hydrogen (secondary N) is 1. The summed E-state index contributed by atoms with van der Waals surface area (Å²) in [6.07, 6.45) is 3.14. The van der Waals surface area contributed by atoms with Gasteiger partial charge in [0, 0.05) is 19.3 Å². The third-order valence-corrected chi connectivity index (χ3v) is 3.03. The Morgan fingerprint density at radius 1 is 1.33 bits per heavy atom. The van der Waals surface area contributed by atoms with Crippen LogP contribution in [0.5, 0.6) is 11.5 Å². The Hall–Kier alpha value is -3.23. The zero-order valence-corrected chi connectivity index (χ0v) is 13.6. The molecule has 1 aromatic heterocycles. The summed E-state index contributed by atoms with van der Waals surface area (Å²) in [4.78, 5) is 27.4. The highest BCUT2D eigenvalue weighted by molar-refractivity contribution is 5.81. The van der Waals surface area contributed by atoms with Gasteiger partial charge in [0.15, 0.2) is 0 Å². The fraction of sp³-hybridized carbons (Fsp3) is 0.267. The second-order valence-corrected chi connectivity index (χ2v) is 4.64. The molecule has 0 saturated heterocycles. The van der Waals surface area contributed by atoms with Crippen LogP contribution in [0.2, 0.25) is 0 Å². The zero-order chi connectivity index (χ0) is 17.5. The van der Waals surface area contributed by atoms with Gasteiger partial charge < -0.3 is 25.0 Å². The van der Waals surface area contributed by atoms with Gasteiger partial charge in [-0.15, -0.1) is 0 Å². The molecule has 128 valence electrons. The Kier molecular flexibility index (Phi) is 5.61. The van der Waals surface area contributed by atoms with Crippen LogP contribution >= 0.6 is 0 Å². The van der Waals surface area contributed by atoms with Crippen LogP contribution in [0.25, 0.3) is 0 Å². The number of imidazole rings is 1. The number of methoxy groups -OCH3 is 2. The lowest BCUT2D eigenvalue weighted by molar-refractivity contribution is -0.172.